The number of ketones is 1. The molecule has 3 rings (SSSR count). The van der Waals surface area contributed by atoms with E-state index >= 15 is 0 Å². The van der Waals surface area contributed by atoms with E-state index in [1.54, 1.807) is 5.38 Å². The van der Waals surface area contributed by atoms with Gasteiger partial charge in [0.1, 0.15) is 0 Å². The first-order valence-electron chi connectivity index (χ1n) is 6.98. The van der Waals surface area contributed by atoms with Gasteiger partial charge in [-0.2, -0.15) is 0 Å². The molecule has 134 valence electrons. The summed E-state index contributed by atoms with van der Waals surface area (Å²) in [5.41, 5.74) is 0.174. The van der Waals surface area contributed by atoms with E-state index in [1.165, 1.54) is 42.6 Å². The molecule has 2 aromatic heterocycles. The van der Waals surface area contributed by atoms with E-state index in [0.717, 1.165) is 22.7 Å². The van der Waals surface area contributed by atoms with Crippen LogP contribution in [0.4, 0.5) is 10.8 Å². The second-order valence-electron chi connectivity index (χ2n) is 4.86. The van der Waals surface area contributed by atoms with Crippen LogP contribution in [0.15, 0.2) is 52.9 Å². The quantitative estimate of drug-likeness (QED) is 0.462. The molecule has 1 aromatic carbocycles. The third-order valence-corrected chi connectivity index (χ3v) is 6.44. The van der Waals surface area contributed by atoms with E-state index in [1.807, 2.05) is 0 Å². The standard InChI is InChI=1S/C15H10ClN3O4S3/c16-12-5-4-11(25-12)13(20)14(21)18-9-2-1-3-10(8-9)26(22,23)19-15-17-6-7-24-15/h1-8H,(H,17,19)(H,18,21). The average Bonchev–Trinajstić information content (AvgIpc) is 3.25. The number of Topliss-reactive ketones (excluding diaryl/α,β-unsaturated/α-hetero) is 1. The van der Waals surface area contributed by atoms with Crippen LogP contribution in [0.25, 0.3) is 0 Å². The zero-order chi connectivity index (χ0) is 18.7. The first-order valence-corrected chi connectivity index (χ1v) is 10.5. The normalized spacial score (nSPS) is 11.1. The molecule has 0 unspecified atom stereocenters. The lowest BCUT2D eigenvalue weighted by Gasteiger charge is -2.08. The third kappa shape index (κ3) is 4.28. The number of carbonyl (C=O) groups excluding carboxylic acids is 2. The summed E-state index contributed by atoms with van der Waals surface area (Å²) in [5.74, 6) is -1.64. The smallest absolute Gasteiger partial charge is 0.297 e. The van der Waals surface area contributed by atoms with Crippen LogP contribution in [-0.4, -0.2) is 25.1 Å². The lowest BCUT2D eigenvalue weighted by atomic mass is 10.2. The number of benzene rings is 1. The molecule has 0 aliphatic carbocycles. The Morgan fingerprint density at radius 3 is 2.62 bits per heavy atom. The van der Waals surface area contributed by atoms with E-state index in [4.69, 9.17) is 11.6 Å². The third-order valence-electron chi connectivity index (χ3n) is 3.06. The second kappa shape index (κ2) is 7.54. The van der Waals surface area contributed by atoms with Gasteiger partial charge in [0.05, 0.1) is 14.1 Å². The summed E-state index contributed by atoms with van der Waals surface area (Å²) >= 11 is 7.88. The van der Waals surface area contributed by atoms with Crippen LogP contribution in [-0.2, 0) is 14.8 Å². The predicted molar refractivity (Wildman–Crippen MR) is 102 cm³/mol. The van der Waals surface area contributed by atoms with Gasteiger partial charge in [0.15, 0.2) is 5.13 Å². The van der Waals surface area contributed by atoms with Crippen LogP contribution >= 0.6 is 34.3 Å². The minimum absolute atomic E-state index is 0.0721. The topological polar surface area (TPSA) is 105 Å². The SMILES string of the molecule is O=C(Nc1cccc(S(=O)(=O)Nc2nccs2)c1)C(=O)c1ccc(Cl)s1. The first-order chi connectivity index (χ1) is 12.3. The fraction of sp³-hybridized carbons (Fsp3) is 0. The highest BCUT2D eigenvalue weighted by Crippen LogP contribution is 2.23. The minimum Gasteiger partial charge on any atom is -0.319 e. The van der Waals surface area contributed by atoms with Gasteiger partial charge in [-0.1, -0.05) is 17.7 Å². The fourth-order valence-corrected chi connectivity index (χ4v) is 4.74. The lowest BCUT2D eigenvalue weighted by Crippen LogP contribution is -2.22. The van der Waals surface area contributed by atoms with Crippen molar-refractivity contribution in [2.75, 3.05) is 10.0 Å². The summed E-state index contributed by atoms with van der Waals surface area (Å²) in [6, 6.07) is 8.53. The number of anilines is 2. The largest absolute Gasteiger partial charge is 0.319 e. The molecule has 0 fully saturated rings. The molecule has 0 radical (unpaired) electrons. The Hall–Kier alpha value is -2.27. The van der Waals surface area contributed by atoms with Gasteiger partial charge in [0.2, 0.25) is 0 Å². The number of halogens is 1. The summed E-state index contributed by atoms with van der Waals surface area (Å²) < 4.78 is 27.4. The molecule has 0 saturated heterocycles. The van der Waals surface area contributed by atoms with Crippen LogP contribution in [0.5, 0.6) is 0 Å². The number of rotatable bonds is 6. The van der Waals surface area contributed by atoms with Gasteiger partial charge < -0.3 is 5.32 Å². The van der Waals surface area contributed by atoms with Crippen LogP contribution in [0.1, 0.15) is 9.67 Å². The van der Waals surface area contributed by atoms with Crippen LogP contribution in [0.2, 0.25) is 4.34 Å². The number of thiazole rings is 1. The molecule has 0 spiro atoms. The molecular weight excluding hydrogens is 418 g/mol. The Morgan fingerprint density at radius 2 is 1.96 bits per heavy atom. The number of hydrogen-bond donors (Lipinski definition) is 2. The Balaban J connectivity index is 1.77. The Labute approximate surface area is 161 Å². The number of aromatic nitrogens is 1. The van der Waals surface area contributed by atoms with Crippen molar-refractivity contribution in [1.82, 2.24) is 4.98 Å². The summed E-state index contributed by atoms with van der Waals surface area (Å²) in [5, 5.41) is 4.25. The van der Waals surface area contributed by atoms with Gasteiger partial charge >= 0.3 is 0 Å². The predicted octanol–water partition coefficient (Wildman–Crippen LogP) is 3.48. The van der Waals surface area contributed by atoms with Crippen molar-refractivity contribution >= 4 is 66.8 Å². The molecule has 7 nitrogen and oxygen atoms in total. The van der Waals surface area contributed by atoms with Crippen molar-refractivity contribution in [2.24, 2.45) is 0 Å². The Bertz CT molecular complexity index is 1060. The van der Waals surface area contributed by atoms with E-state index in [-0.39, 0.29) is 20.6 Å². The molecule has 0 aliphatic heterocycles. The molecular formula is C15H10ClN3O4S3. The highest BCUT2D eigenvalue weighted by molar-refractivity contribution is 7.93. The summed E-state index contributed by atoms with van der Waals surface area (Å²) in [6.07, 6.45) is 1.47. The Morgan fingerprint density at radius 1 is 1.15 bits per heavy atom. The van der Waals surface area contributed by atoms with E-state index < -0.39 is 21.7 Å². The van der Waals surface area contributed by atoms with Gasteiger partial charge in [-0.05, 0) is 30.3 Å². The highest BCUT2D eigenvalue weighted by atomic mass is 35.5. The summed E-state index contributed by atoms with van der Waals surface area (Å²) in [7, 11) is -3.86. The zero-order valence-corrected chi connectivity index (χ0v) is 16.0. The van der Waals surface area contributed by atoms with Crippen molar-refractivity contribution in [2.45, 2.75) is 4.90 Å². The van der Waals surface area contributed by atoms with Gasteiger partial charge in [-0.25, -0.2) is 13.4 Å². The molecule has 1 amide bonds. The fourth-order valence-electron chi connectivity index (χ4n) is 1.92. The van der Waals surface area contributed by atoms with Crippen LogP contribution < -0.4 is 10.0 Å². The van der Waals surface area contributed by atoms with Crippen molar-refractivity contribution in [3.8, 4) is 0 Å². The zero-order valence-electron chi connectivity index (χ0n) is 12.8. The molecule has 0 aliphatic rings. The monoisotopic (exact) mass is 427 g/mol. The molecule has 2 N–H and O–H groups in total. The van der Waals surface area contributed by atoms with Crippen molar-refractivity contribution in [3.05, 3.63) is 57.2 Å². The highest BCUT2D eigenvalue weighted by Gasteiger charge is 2.20. The van der Waals surface area contributed by atoms with Crippen LogP contribution in [0, 0.1) is 0 Å². The first kappa shape index (κ1) is 18.5. The molecule has 0 atom stereocenters. The molecule has 0 saturated carbocycles. The lowest BCUT2D eigenvalue weighted by molar-refractivity contribution is -0.112. The second-order valence-corrected chi connectivity index (χ2v) is 9.15. The maximum Gasteiger partial charge on any atom is 0.297 e. The number of sulfonamides is 1. The van der Waals surface area contributed by atoms with Gasteiger partial charge in [0, 0.05) is 17.3 Å². The number of nitrogens with one attached hydrogen (secondary N) is 2. The molecule has 26 heavy (non-hydrogen) atoms. The van der Waals surface area contributed by atoms with E-state index in [9.17, 15) is 18.0 Å². The number of carbonyl (C=O) groups is 2. The number of hydrogen-bond acceptors (Lipinski definition) is 7. The molecule has 2 heterocycles. The van der Waals surface area contributed by atoms with Gasteiger partial charge in [0.25, 0.3) is 21.7 Å². The molecule has 3 aromatic rings. The minimum atomic E-state index is -3.86. The summed E-state index contributed by atoms with van der Waals surface area (Å²) in [4.78, 5) is 28.1. The van der Waals surface area contributed by atoms with Crippen molar-refractivity contribution in [3.63, 3.8) is 0 Å². The number of thiophene rings is 1. The number of nitrogens with zero attached hydrogens (tertiary/aromatic N) is 1. The number of amides is 1. The van der Waals surface area contributed by atoms with E-state index in [0.29, 0.717) is 4.34 Å². The van der Waals surface area contributed by atoms with Crippen molar-refractivity contribution < 1.29 is 18.0 Å². The van der Waals surface area contributed by atoms with Gasteiger partial charge in [-0.15, -0.1) is 22.7 Å². The molecule has 0 bridgehead atoms. The summed E-state index contributed by atoms with van der Waals surface area (Å²) in [6.45, 7) is 0. The average molecular weight is 428 g/mol. The molecule has 11 heteroatoms. The van der Waals surface area contributed by atoms with Gasteiger partial charge in [-0.3, -0.25) is 14.3 Å². The van der Waals surface area contributed by atoms with Crippen LogP contribution in [0.3, 0.4) is 0 Å². The van der Waals surface area contributed by atoms with E-state index in [2.05, 4.69) is 15.0 Å². The maximum atomic E-state index is 12.4. The maximum absolute atomic E-state index is 12.4. The Kier molecular flexibility index (Phi) is 5.37. The van der Waals surface area contributed by atoms with Crippen molar-refractivity contribution in [1.29, 1.82) is 0 Å².